The quantitative estimate of drug-likeness (QED) is 0.492. The van der Waals surface area contributed by atoms with Gasteiger partial charge in [0.2, 0.25) is 0 Å². The first-order valence-electron chi connectivity index (χ1n) is 5.61. The van der Waals surface area contributed by atoms with Crippen molar-refractivity contribution in [1.82, 2.24) is 0 Å². The molecule has 0 aliphatic rings. The summed E-state index contributed by atoms with van der Waals surface area (Å²) in [4.78, 5) is 12.0. The molecule has 0 saturated carbocycles. The SMILES string of the molecule is Cc1cccc(C(=O)Nc2ccc(O)c(O)c2)c1O. The standard InChI is InChI=1S/C14H13NO4/c1-8-3-2-4-10(13(8)18)14(19)15-9-5-6-11(16)12(17)7-9/h2-7,16-18H,1H3,(H,15,19). The first-order valence-corrected chi connectivity index (χ1v) is 5.61. The number of carbonyl (C=O) groups is 1. The van der Waals surface area contributed by atoms with Gasteiger partial charge in [-0.05, 0) is 30.7 Å². The summed E-state index contributed by atoms with van der Waals surface area (Å²) in [5.74, 6) is -1.17. The summed E-state index contributed by atoms with van der Waals surface area (Å²) >= 11 is 0. The molecule has 0 aliphatic heterocycles. The Hall–Kier alpha value is -2.69. The van der Waals surface area contributed by atoms with Gasteiger partial charge in [0, 0.05) is 11.8 Å². The predicted octanol–water partition coefficient (Wildman–Crippen LogP) is 2.36. The highest BCUT2D eigenvalue weighted by Gasteiger charge is 2.13. The highest BCUT2D eigenvalue weighted by Crippen LogP contribution is 2.28. The lowest BCUT2D eigenvalue weighted by atomic mass is 10.1. The average molecular weight is 259 g/mol. The van der Waals surface area contributed by atoms with Crippen LogP contribution in [-0.4, -0.2) is 21.2 Å². The fourth-order valence-electron chi connectivity index (χ4n) is 1.64. The Morgan fingerprint density at radius 2 is 1.79 bits per heavy atom. The first kappa shape index (κ1) is 12.8. The lowest BCUT2D eigenvalue weighted by Crippen LogP contribution is -2.12. The van der Waals surface area contributed by atoms with E-state index in [0.29, 0.717) is 11.3 Å². The van der Waals surface area contributed by atoms with Crippen molar-refractivity contribution in [2.45, 2.75) is 6.92 Å². The molecule has 5 heteroatoms. The van der Waals surface area contributed by atoms with Crippen molar-refractivity contribution >= 4 is 11.6 Å². The van der Waals surface area contributed by atoms with Gasteiger partial charge in [-0.3, -0.25) is 4.79 Å². The third-order valence-electron chi connectivity index (χ3n) is 2.72. The van der Waals surface area contributed by atoms with Gasteiger partial charge in [-0.15, -0.1) is 0 Å². The van der Waals surface area contributed by atoms with Crippen molar-refractivity contribution < 1.29 is 20.1 Å². The van der Waals surface area contributed by atoms with E-state index in [4.69, 9.17) is 0 Å². The van der Waals surface area contributed by atoms with Crippen LogP contribution in [0.5, 0.6) is 17.2 Å². The van der Waals surface area contributed by atoms with Gasteiger partial charge in [-0.25, -0.2) is 0 Å². The van der Waals surface area contributed by atoms with Crippen molar-refractivity contribution in [3.8, 4) is 17.2 Å². The number of anilines is 1. The van der Waals surface area contributed by atoms with E-state index in [1.165, 1.54) is 24.3 Å². The molecule has 0 fully saturated rings. The van der Waals surface area contributed by atoms with Crippen LogP contribution in [0.25, 0.3) is 0 Å². The van der Waals surface area contributed by atoms with Crippen molar-refractivity contribution in [3.63, 3.8) is 0 Å². The molecule has 5 nitrogen and oxygen atoms in total. The largest absolute Gasteiger partial charge is 0.507 e. The maximum Gasteiger partial charge on any atom is 0.259 e. The molecule has 0 saturated heterocycles. The number of phenolic OH excluding ortho intramolecular Hbond substituents is 3. The Bertz CT molecular complexity index is 637. The predicted molar refractivity (Wildman–Crippen MR) is 70.6 cm³/mol. The minimum atomic E-state index is -0.494. The van der Waals surface area contributed by atoms with Crippen LogP contribution in [0.2, 0.25) is 0 Å². The zero-order valence-electron chi connectivity index (χ0n) is 10.2. The van der Waals surface area contributed by atoms with Crippen LogP contribution < -0.4 is 5.32 Å². The smallest absolute Gasteiger partial charge is 0.259 e. The second-order valence-corrected chi connectivity index (χ2v) is 4.13. The van der Waals surface area contributed by atoms with E-state index in [2.05, 4.69) is 5.32 Å². The third-order valence-corrected chi connectivity index (χ3v) is 2.72. The van der Waals surface area contributed by atoms with Crippen LogP contribution in [0.15, 0.2) is 36.4 Å². The number of aromatic hydroxyl groups is 3. The number of amides is 1. The molecule has 0 bridgehead atoms. The molecular formula is C14H13NO4. The van der Waals surface area contributed by atoms with Gasteiger partial charge >= 0.3 is 0 Å². The van der Waals surface area contributed by atoms with Gasteiger partial charge in [0.05, 0.1) is 5.56 Å². The first-order chi connectivity index (χ1) is 8.99. The number of carbonyl (C=O) groups excluding carboxylic acids is 1. The number of hydrogen-bond donors (Lipinski definition) is 4. The lowest BCUT2D eigenvalue weighted by Gasteiger charge is -2.09. The van der Waals surface area contributed by atoms with Gasteiger partial charge in [-0.2, -0.15) is 0 Å². The van der Waals surface area contributed by atoms with E-state index in [1.807, 2.05) is 0 Å². The summed E-state index contributed by atoms with van der Waals surface area (Å²) in [6.07, 6.45) is 0. The summed E-state index contributed by atoms with van der Waals surface area (Å²) < 4.78 is 0. The monoisotopic (exact) mass is 259 g/mol. The van der Waals surface area contributed by atoms with Crippen LogP contribution >= 0.6 is 0 Å². The maximum atomic E-state index is 12.0. The van der Waals surface area contributed by atoms with Gasteiger partial charge < -0.3 is 20.6 Å². The minimum absolute atomic E-state index is 0.0806. The van der Waals surface area contributed by atoms with Crippen molar-refractivity contribution in [2.75, 3.05) is 5.32 Å². The molecule has 2 aromatic carbocycles. The molecule has 2 rings (SSSR count). The van der Waals surface area contributed by atoms with Gasteiger partial charge in [-0.1, -0.05) is 12.1 Å². The van der Waals surface area contributed by atoms with Crippen LogP contribution in [0.4, 0.5) is 5.69 Å². The number of phenols is 3. The molecule has 98 valence electrons. The summed E-state index contributed by atoms with van der Waals surface area (Å²) in [7, 11) is 0. The normalized spacial score (nSPS) is 10.2. The van der Waals surface area contributed by atoms with Crippen LogP contribution in [0.3, 0.4) is 0 Å². The number of hydrogen-bond acceptors (Lipinski definition) is 4. The fourth-order valence-corrected chi connectivity index (χ4v) is 1.64. The lowest BCUT2D eigenvalue weighted by molar-refractivity contribution is 0.102. The molecule has 0 unspecified atom stereocenters. The summed E-state index contributed by atoms with van der Waals surface area (Å²) in [6, 6.07) is 8.79. The number of rotatable bonds is 2. The van der Waals surface area contributed by atoms with Crippen molar-refractivity contribution in [2.24, 2.45) is 0 Å². The Balaban J connectivity index is 2.26. The average Bonchev–Trinajstić information content (AvgIpc) is 2.37. The van der Waals surface area contributed by atoms with Crippen LogP contribution in [-0.2, 0) is 0 Å². The Labute approximate surface area is 109 Å². The second kappa shape index (κ2) is 4.89. The topological polar surface area (TPSA) is 89.8 Å². The highest BCUT2D eigenvalue weighted by molar-refractivity contribution is 6.06. The molecule has 0 aromatic heterocycles. The van der Waals surface area contributed by atoms with Gasteiger partial charge in [0.15, 0.2) is 11.5 Å². The number of nitrogens with one attached hydrogen (secondary N) is 1. The molecule has 0 atom stereocenters. The van der Waals surface area contributed by atoms with Gasteiger partial charge in [0.25, 0.3) is 5.91 Å². The van der Waals surface area contributed by atoms with E-state index in [0.717, 1.165) is 0 Å². The molecule has 1 amide bonds. The molecule has 0 spiro atoms. The molecular weight excluding hydrogens is 246 g/mol. The van der Waals surface area contributed by atoms with Crippen LogP contribution in [0, 0.1) is 6.92 Å². The van der Waals surface area contributed by atoms with Crippen molar-refractivity contribution in [1.29, 1.82) is 0 Å². The van der Waals surface area contributed by atoms with E-state index in [9.17, 15) is 20.1 Å². The summed E-state index contributed by atoms with van der Waals surface area (Å²) in [5.41, 5.74) is 1.06. The summed E-state index contributed by atoms with van der Waals surface area (Å²) in [5, 5.41) is 30.8. The van der Waals surface area contributed by atoms with E-state index in [-0.39, 0.29) is 22.8 Å². The molecule has 4 N–H and O–H groups in total. The number of para-hydroxylation sites is 1. The molecule has 2 aromatic rings. The zero-order chi connectivity index (χ0) is 14.0. The molecule has 19 heavy (non-hydrogen) atoms. The van der Waals surface area contributed by atoms with Gasteiger partial charge in [0.1, 0.15) is 5.75 Å². The van der Waals surface area contributed by atoms with E-state index < -0.39 is 5.91 Å². The second-order valence-electron chi connectivity index (χ2n) is 4.13. The molecule has 0 aliphatic carbocycles. The molecule has 0 radical (unpaired) electrons. The van der Waals surface area contributed by atoms with Crippen molar-refractivity contribution in [3.05, 3.63) is 47.5 Å². The van der Waals surface area contributed by atoms with Crippen LogP contribution in [0.1, 0.15) is 15.9 Å². The third kappa shape index (κ3) is 2.60. The zero-order valence-corrected chi connectivity index (χ0v) is 10.2. The fraction of sp³-hybridized carbons (Fsp3) is 0.0714. The Morgan fingerprint density at radius 1 is 1.05 bits per heavy atom. The van der Waals surface area contributed by atoms with E-state index in [1.54, 1.807) is 19.1 Å². The maximum absolute atomic E-state index is 12.0. The summed E-state index contributed by atoms with van der Waals surface area (Å²) in [6.45, 7) is 1.69. The minimum Gasteiger partial charge on any atom is -0.507 e. The van der Waals surface area contributed by atoms with E-state index >= 15 is 0 Å². The number of benzene rings is 2. The molecule has 0 heterocycles. The highest BCUT2D eigenvalue weighted by atomic mass is 16.3. The number of aryl methyl sites for hydroxylation is 1. The Kier molecular flexibility index (Phi) is 3.29. The Morgan fingerprint density at radius 3 is 2.47 bits per heavy atom.